The predicted octanol–water partition coefficient (Wildman–Crippen LogP) is 5.35. The van der Waals surface area contributed by atoms with Crippen LogP contribution in [0.4, 0.5) is 0 Å². The summed E-state index contributed by atoms with van der Waals surface area (Å²) in [5, 5.41) is 0. The maximum absolute atomic E-state index is 12.4. The van der Waals surface area contributed by atoms with Crippen LogP contribution in [0.5, 0.6) is 5.75 Å². The van der Waals surface area contributed by atoms with Gasteiger partial charge in [0.05, 0.1) is 12.3 Å². The number of rotatable bonds is 8. The fraction of sp³-hybridized carbons (Fsp3) is 0.385. The number of hydrogen-bond acceptors (Lipinski definition) is 4. The fourth-order valence-corrected chi connectivity index (χ4v) is 3.95. The Labute approximate surface area is 184 Å². The van der Waals surface area contributed by atoms with Crippen molar-refractivity contribution in [1.29, 1.82) is 0 Å². The number of carbonyl (C=O) groups excluding carboxylic acids is 1. The van der Waals surface area contributed by atoms with E-state index in [4.69, 9.17) is 9.15 Å². The molecular weight excluding hydrogens is 388 g/mol. The van der Waals surface area contributed by atoms with Crippen LogP contribution in [0.15, 0.2) is 52.9 Å². The molecule has 0 radical (unpaired) electrons. The number of amides is 1. The SMILES string of the molecule is CCCCC(=O)N1CCc2ccc(OCCc3nc(-c4ccccc4)oc3C)cc2C1. The number of benzene rings is 2. The van der Waals surface area contributed by atoms with E-state index in [2.05, 4.69) is 24.0 Å². The molecule has 1 aliphatic rings. The number of aryl methyl sites for hydroxylation is 1. The zero-order valence-electron chi connectivity index (χ0n) is 18.4. The van der Waals surface area contributed by atoms with Gasteiger partial charge in [0.15, 0.2) is 0 Å². The third-order valence-corrected chi connectivity index (χ3v) is 5.81. The van der Waals surface area contributed by atoms with Crippen molar-refractivity contribution in [3.05, 3.63) is 71.1 Å². The number of unbranched alkanes of at least 4 members (excludes halogenated alkanes) is 1. The molecule has 0 saturated heterocycles. The van der Waals surface area contributed by atoms with Gasteiger partial charge in [-0.2, -0.15) is 0 Å². The molecule has 0 spiro atoms. The van der Waals surface area contributed by atoms with E-state index in [1.54, 1.807) is 0 Å². The first-order chi connectivity index (χ1) is 15.1. The summed E-state index contributed by atoms with van der Waals surface area (Å²) in [4.78, 5) is 19.0. The summed E-state index contributed by atoms with van der Waals surface area (Å²) in [5.41, 5.74) is 4.40. The Morgan fingerprint density at radius 3 is 2.81 bits per heavy atom. The molecule has 0 atom stereocenters. The van der Waals surface area contributed by atoms with Gasteiger partial charge in [-0.25, -0.2) is 4.98 Å². The van der Waals surface area contributed by atoms with Gasteiger partial charge in [-0.1, -0.05) is 37.6 Å². The summed E-state index contributed by atoms with van der Waals surface area (Å²) in [6.45, 7) is 6.08. The monoisotopic (exact) mass is 418 g/mol. The van der Waals surface area contributed by atoms with Crippen LogP contribution in [-0.2, 0) is 24.2 Å². The Kier molecular flexibility index (Phi) is 6.70. The summed E-state index contributed by atoms with van der Waals surface area (Å²) in [6, 6.07) is 16.2. The van der Waals surface area contributed by atoms with Crippen LogP contribution in [0.3, 0.4) is 0 Å². The molecule has 0 fully saturated rings. The highest BCUT2D eigenvalue weighted by Gasteiger charge is 2.20. The number of ether oxygens (including phenoxy) is 1. The molecular formula is C26H30N2O3. The maximum Gasteiger partial charge on any atom is 0.226 e. The molecule has 31 heavy (non-hydrogen) atoms. The highest BCUT2D eigenvalue weighted by molar-refractivity contribution is 5.76. The van der Waals surface area contributed by atoms with E-state index in [-0.39, 0.29) is 5.91 Å². The first-order valence-electron chi connectivity index (χ1n) is 11.2. The van der Waals surface area contributed by atoms with Gasteiger partial charge in [0.1, 0.15) is 11.5 Å². The quantitative estimate of drug-likeness (QED) is 0.495. The minimum Gasteiger partial charge on any atom is -0.493 e. The molecule has 0 bridgehead atoms. The summed E-state index contributed by atoms with van der Waals surface area (Å²) in [5.74, 6) is 2.57. The van der Waals surface area contributed by atoms with Gasteiger partial charge in [-0.05, 0) is 55.2 Å². The van der Waals surface area contributed by atoms with Gasteiger partial charge >= 0.3 is 0 Å². The zero-order chi connectivity index (χ0) is 21.6. The van der Waals surface area contributed by atoms with E-state index in [9.17, 15) is 4.79 Å². The molecule has 2 aromatic carbocycles. The molecule has 5 heteroatoms. The second kappa shape index (κ2) is 9.82. The number of carbonyl (C=O) groups is 1. The van der Waals surface area contributed by atoms with Crippen molar-refractivity contribution in [1.82, 2.24) is 9.88 Å². The van der Waals surface area contributed by atoms with Crippen molar-refractivity contribution in [2.24, 2.45) is 0 Å². The average molecular weight is 419 g/mol. The second-order valence-electron chi connectivity index (χ2n) is 8.09. The van der Waals surface area contributed by atoms with Crippen LogP contribution in [0.2, 0.25) is 0 Å². The number of aromatic nitrogens is 1. The number of fused-ring (bicyclic) bond motifs is 1. The Morgan fingerprint density at radius 2 is 2.00 bits per heavy atom. The summed E-state index contributed by atoms with van der Waals surface area (Å²) in [6.07, 6.45) is 4.24. The lowest BCUT2D eigenvalue weighted by atomic mass is 9.99. The molecule has 4 rings (SSSR count). The minimum atomic E-state index is 0.259. The smallest absolute Gasteiger partial charge is 0.226 e. The van der Waals surface area contributed by atoms with Gasteiger partial charge in [-0.3, -0.25) is 4.79 Å². The van der Waals surface area contributed by atoms with Gasteiger partial charge in [-0.15, -0.1) is 0 Å². The lowest BCUT2D eigenvalue weighted by Crippen LogP contribution is -2.35. The molecule has 162 valence electrons. The van der Waals surface area contributed by atoms with Crippen molar-refractivity contribution in [3.8, 4) is 17.2 Å². The fourth-order valence-electron chi connectivity index (χ4n) is 3.95. The minimum absolute atomic E-state index is 0.259. The number of oxazole rings is 1. The number of nitrogens with zero attached hydrogens (tertiary/aromatic N) is 2. The average Bonchev–Trinajstić information content (AvgIpc) is 3.18. The lowest BCUT2D eigenvalue weighted by Gasteiger charge is -2.29. The van der Waals surface area contributed by atoms with Gasteiger partial charge in [0, 0.05) is 31.5 Å². The summed E-state index contributed by atoms with van der Waals surface area (Å²) in [7, 11) is 0. The Bertz CT molecular complexity index is 1030. The van der Waals surface area contributed by atoms with E-state index >= 15 is 0 Å². The van der Waals surface area contributed by atoms with Crippen molar-refractivity contribution >= 4 is 5.91 Å². The van der Waals surface area contributed by atoms with Crippen LogP contribution in [0, 0.1) is 6.92 Å². The van der Waals surface area contributed by atoms with Crippen molar-refractivity contribution in [2.75, 3.05) is 13.2 Å². The molecule has 0 saturated carbocycles. The highest BCUT2D eigenvalue weighted by atomic mass is 16.5. The standard InChI is InChI=1S/C26H30N2O3/c1-3-4-10-25(29)28-15-13-20-11-12-23(17-22(20)18-28)30-16-14-24-19(2)31-26(27-24)21-8-6-5-7-9-21/h5-9,11-12,17H,3-4,10,13-16,18H2,1-2H3. The van der Waals surface area contributed by atoms with E-state index in [1.807, 2.05) is 48.2 Å². The number of hydrogen-bond donors (Lipinski definition) is 0. The van der Waals surface area contributed by atoms with Crippen molar-refractivity contribution < 1.29 is 13.9 Å². The van der Waals surface area contributed by atoms with Crippen LogP contribution in [0.25, 0.3) is 11.5 Å². The van der Waals surface area contributed by atoms with E-state index in [1.165, 1.54) is 11.1 Å². The van der Waals surface area contributed by atoms with Crippen LogP contribution in [0.1, 0.15) is 48.8 Å². The van der Waals surface area contributed by atoms with Crippen LogP contribution >= 0.6 is 0 Å². The first-order valence-corrected chi connectivity index (χ1v) is 11.2. The van der Waals surface area contributed by atoms with Gasteiger partial charge in [0.2, 0.25) is 11.8 Å². The van der Waals surface area contributed by atoms with E-state index in [0.717, 1.165) is 48.6 Å². The summed E-state index contributed by atoms with van der Waals surface area (Å²) < 4.78 is 11.9. The van der Waals surface area contributed by atoms with E-state index in [0.29, 0.717) is 31.9 Å². The molecule has 0 N–H and O–H groups in total. The zero-order valence-corrected chi connectivity index (χ0v) is 18.4. The third-order valence-electron chi connectivity index (χ3n) is 5.81. The molecule has 1 aromatic heterocycles. The van der Waals surface area contributed by atoms with E-state index < -0.39 is 0 Å². The van der Waals surface area contributed by atoms with Crippen molar-refractivity contribution in [2.45, 2.75) is 52.5 Å². The second-order valence-corrected chi connectivity index (χ2v) is 8.09. The molecule has 0 aliphatic carbocycles. The molecule has 1 amide bonds. The largest absolute Gasteiger partial charge is 0.493 e. The normalized spacial score (nSPS) is 13.2. The first kappa shape index (κ1) is 21.2. The topological polar surface area (TPSA) is 55.6 Å². The predicted molar refractivity (Wildman–Crippen MR) is 121 cm³/mol. The summed E-state index contributed by atoms with van der Waals surface area (Å²) >= 11 is 0. The van der Waals surface area contributed by atoms with Gasteiger partial charge < -0.3 is 14.1 Å². The van der Waals surface area contributed by atoms with Crippen molar-refractivity contribution in [3.63, 3.8) is 0 Å². The lowest BCUT2D eigenvalue weighted by molar-refractivity contribution is -0.132. The Hall–Kier alpha value is -3.08. The molecule has 1 aliphatic heterocycles. The highest BCUT2D eigenvalue weighted by Crippen LogP contribution is 2.25. The van der Waals surface area contributed by atoms with Crippen LogP contribution < -0.4 is 4.74 Å². The Morgan fingerprint density at radius 1 is 1.16 bits per heavy atom. The third kappa shape index (κ3) is 5.16. The Balaban J connectivity index is 1.35. The van der Waals surface area contributed by atoms with Crippen LogP contribution in [-0.4, -0.2) is 28.9 Å². The van der Waals surface area contributed by atoms with Gasteiger partial charge in [0.25, 0.3) is 0 Å². The maximum atomic E-state index is 12.4. The molecule has 2 heterocycles. The molecule has 5 nitrogen and oxygen atoms in total. The molecule has 3 aromatic rings. The molecule has 0 unspecified atom stereocenters.